The Morgan fingerprint density at radius 3 is 2.30 bits per heavy atom. The van der Waals surface area contributed by atoms with Gasteiger partial charge in [0, 0.05) is 16.5 Å². The molecule has 3 atom stereocenters. The first kappa shape index (κ1) is 34.8. The van der Waals surface area contributed by atoms with Crippen LogP contribution in [0.4, 0.5) is 24.5 Å². The normalized spacial score (nSPS) is 18.4. The third-order valence-corrected chi connectivity index (χ3v) is 10.8. The van der Waals surface area contributed by atoms with E-state index in [2.05, 4.69) is 5.32 Å². The third-order valence-electron chi connectivity index (χ3n) is 8.23. The third kappa shape index (κ3) is 6.35. The first-order chi connectivity index (χ1) is 23.9. The Bertz CT molecular complexity index is 2060. The SMILES string of the molecule is CCOC(=O)c1ccc(N2C(=O)C3Sc4c(sc(=O)n4CC(=O)Nc4cccc(C(F)(F)F)c4)C(c4ccc(OC)c(OC)c4)C3C2=O)cc1. The van der Waals surface area contributed by atoms with Gasteiger partial charge in [0.2, 0.25) is 17.7 Å². The van der Waals surface area contributed by atoms with E-state index in [4.69, 9.17) is 14.2 Å². The van der Waals surface area contributed by atoms with Crippen LogP contribution in [0.25, 0.3) is 0 Å². The zero-order chi connectivity index (χ0) is 35.9. The number of rotatable bonds is 9. The highest BCUT2D eigenvalue weighted by Gasteiger charge is 2.57. The zero-order valence-electron chi connectivity index (χ0n) is 26.6. The number of thioether (sulfide) groups is 1. The van der Waals surface area contributed by atoms with E-state index in [1.165, 1.54) is 44.6 Å². The van der Waals surface area contributed by atoms with Crippen LogP contribution in [-0.2, 0) is 31.8 Å². The van der Waals surface area contributed by atoms with Crippen LogP contribution < -0.4 is 24.6 Å². The maximum Gasteiger partial charge on any atom is 0.416 e. The van der Waals surface area contributed by atoms with Gasteiger partial charge in [-0.1, -0.05) is 35.2 Å². The van der Waals surface area contributed by atoms with E-state index >= 15 is 0 Å². The number of amides is 3. The first-order valence-corrected chi connectivity index (χ1v) is 16.8. The molecule has 0 spiro atoms. The largest absolute Gasteiger partial charge is 0.493 e. The van der Waals surface area contributed by atoms with Crippen LogP contribution in [0.1, 0.15) is 39.2 Å². The number of carbonyl (C=O) groups excluding carboxylic acids is 4. The predicted octanol–water partition coefficient (Wildman–Crippen LogP) is 5.56. The Morgan fingerprint density at radius 1 is 0.920 bits per heavy atom. The lowest BCUT2D eigenvalue weighted by molar-refractivity contribution is -0.137. The number of benzene rings is 3. The highest BCUT2D eigenvalue weighted by atomic mass is 32.2. The molecule has 16 heteroatoms. The number of nitrogens with one attached hydrogen (secondary N) is 1. The molecule has 2 aliphatic rings. The van der Waals surface area contributed by atoms with Gasteiger partial charge in [0.05, 0.1) is 48.6 Å². The molecule has 0 aliphatic carbocycles. The second-order valence-electron chi connectivity index (χ2n) is 11.2. The summed E-state index contributed by atoms with van der Waals surface area (Å²) in [7, 11) is 2.90. The summed E-state index contributed by atoms with van der Waals surface area (Å²) in [6, 6.07) is 14.9. The number of methoxy groups -OCH3 is 2. The number of esters is 1. The van der Waals surface area contributed by atoms with Crippen LogP contribution in [0.15, 0.2) is 76.6 Å². The van der Waals surface area contributed by atoms with Crippen LogP contribution in [0.2, 0.25) is 0 Å². The van der Waals surface area contributed by atoms with E-state index in [0.29, 0.717) is 21.9 Å². The number of hydrogen-bond acceptors (Lipinski definition) is 10. The molecule has 11 nitrogen and oxygen atoms in total. The summed E-state index contributed by atoms with van der Waals surface area (Å²) in [5.41, 5.74) is -0.0559. The lowest BCUT2D eigenvalue weighted by Gasteiger charge is -2.31. The Balaban J connectivity index is 1.39. The van der Waals surface area contributed by atoms with E-state index in [0.717, 1.165) is 50.8 Å². The van der Waals surface area contributed by atoms with Crippen LogP contribution >= 0.6 is 23.1 Å². The highest BCUT2D eigenvalue weighted by molar-refractivity contribution is 8.00. The molecule has 1 saturated heterocycles. The predicted molar refractivity (Wildman–Crippen MR) is 178 cm³/mol. The topological polar surface area (TPSA) is 133 Å². The quantitative estimate of drug-likeness (QED) is 0.174. The van der Waals surface area contributed by atoms with Gasteiger partial charge in [0.25, 0.3) is 0 Å². The van der Waals surface area contributed by atoms with Crippen molar-refractivity contribution < 1.29 is 46.6 Å². The molecular weight excluding hydrogens is 700 g/mol. The second-order valence-corrected chi connectivity index (χ2v) is 13.3. The first-order valence-electron chi connectivity index (χ1n) is 15.1. The second kappa shape index (κ2) is 13.7. The minimum Gasteiger partial charge on any atom is -0.493 e. The number of nitrogens with zero attached hydrogens (tertiary/aromatic N) is 2. The Kier molecular flexibility index (Phi) is 9.50. The van der Waals surface area contributed by atoms with Crippen LogP contribution in [0, 0.1) is 5.92 Å². The molecule has 2 aliphatic heterocycles. The number of imide groups is 1. The molecule has 1 aromatic heterocycles. The van der Waals surface area contributed by atoms with Gasteiger partial charge in [-0.25, -0.2) is 9.69 Å². The van der Waals surface area contributed by atoms with Crippen LogP contribution in [-0.4, -0.2) is 54.3 Å². The molecular formula is C34H28F3N3O8S2. The summed E-state index contributed by atoms with van der Waals surface area (Å²) in [6.07, 6.45) is -4.63. The average molecular weight is 728 g/mol. The van der Waals surface area contributed by atoms with Crippen LogP contribution in [0.3, 0.4) is 0 Å². The molecule has 3 heterocycles. The zero-order valence-corrected chi connectivity index (χ0v) is 28.2. The van der Waals surface area contributed by atoms with E-state index < -0.39 is 63.9 Å². The van der Waals surface area contributed by atoms with Gasteiger partial charge in [-0.15, -0.1) is 0 Å². The fraction of sp³-hybridized carbons (Fsp3) is 0.265. The molecule has 3 amide bonds. The minimum atomic E-state index is -4.63. The molecule has 0 radical (unpaired) electrons. The highest BCUT2D eigenvalue weighted by Crippen LogP contribution is 2.54. The van der Waals surface area contributed by atoms with Gasteiger partial charge < -0.3 is 19.5 Å². The summed E-state index contributed by atoms with van der Waals surface area (Å²) in [4.78, 5) is 68.0. The molecule has 4 aromatic rings. The Labute approximate surface area is 290 Å². The van der Waals surface area contributed by atoms with Crippen molar-refractivity contribution in [2.75, 3.05) is 31.0 Å². The van der Waals surface area contributed by atoms with Gasteiger partial charge in [0.15, 0.2) is 11.5 Å². The van der Waals surface area contributed by atoms with Gasteiger partial charge in [-0.2, -0.15) is 13.2 Å². The molecule has 3 unspecified atom stereocenters. The Hall–Kier alpha value is -5.09. The van der Waals surface area contributed by atoms with Crippen molar-refractivity contribution in [3.8, 4) is 11.5 Å². The molecule has 6 rings (SSSR count). The molecule has 0 saturated carbocycles. The summed E-state index contributed by atoms with van der Waals surface area (Å²) in [6.45, 7) is 1.28. The number of halogens is 3. The molecule has 260 valence electrons. The van der Waals surface area contributed by atoms with E-state index in [1.54, 1.807) is 25.1 Å². The van der Waals surface area contributed by atoms with E-state index in [9.17, 15) is 37.1 Å². The maximum absolute atomic E-state index is 14.2. The summed E-state index contributed by atoms with van der Waals surface area (Å²) >= 11 is 1.78. The van der Waals surface area contributed by atoms with Crippen LogP contribution in [0.5, 0.6) is 11.5 Å². The van der Waals surface area contributed by atoms with Crippen molar-refractivity contribution in [1.29, 1.82) is 0 Å². The smallest absolute Gasteiger partial charge is 0.416 e. The number of carbonyl (C=O) groups is 4. The van der Waals surface area contributed by atoms with Crippen molar-refractivity contribution >= 4 is 58.2 Å². The standard InChI is InChI=1S/C34H28F3N3O8S2/c1-4-48-32(44)17-8-11-21(12-9-17)40-29(42)26-25(18-10-13-22(46-2)23(14-18)47-3)28-31(49-27(26)30(40)43)39(33(45)50-28)16-24(41)38-20-7-5-6-19(15-20)34(35,36)37/h5-15,25-27H,4,16H2,1-3H3,(H,38,41). The van der Waals surface area contributed by atoms with Gasteiger partial charge in [0.1, 0.15) is 11.8 Å². The molecule has 1 fully saturated rings. The number of anilines is 2. The number of ether oxygens (including phenoxy) is 3. The number of hydrogen-bond donors (Lipinski definition) is 1. The fourth-order valence-electron chi connectivity index (χ4n) is 5.99. The van der Waals surface area contributed by atoms with E-state index in [-0.39, 0.29) is 28.6 Å². The fourth-order valence-corrected chi connectivity index (χ4v) is 8.77. The number of thiazole rings is 1. The van der Waals surface area contributed by atoms with Gasteiger partial charge in [-0.05, 0) is 67.1 Å². The van der Waals surface area contributed by atoms with Crippen molar-refractivity contribution in [2.45, 2.75) is 35.8 Å². The van der Waals surface area contributed by atoms with Gasteiger partial charge >= 0.3 is 17.0 Å². The molecule has 50 heavy (non-hydrogen) atoms. The lowest BCUT2D eigenvalue weighted by Crippen LogP contribution is -2.33. The lowest BCUT2D eigenvalue weighted by atomic mass is 9.83. The number of fused-ring (bicyclic) bond motifs is 2. The number of aromatic nitrogens is 1. The van der Waals surface area contributed by atoms with Crippen molar-refractivity contribution in [3.63, 3.8) is 0 Å². The van der Waals surface area contributed by atoms with Crippen molar-refractivity contribution in [2.24, 2.45) is 5.92 Å². The minimum absolute atomic E-state index is 0.112. The molecule has 1 N–H and O–H groups in total. The number of alkyl halides is 3. The summed E-state index contributed by atoms with van der Waals surface area (Å²) < 4.78 is 56.8. The maximum atomic E-state index is 14.2. The van der Waals surface area contributed by atoms with Crippen molar-refractivity contribution in [3.05, 3.63) is 98.0 Å². The average Bonchev–Trinajstić information content (AvgIpc) is 3.53. The summed E-state index contributed by atoms with van der Waals surface area (Å²) in [5, 5.41) is 1.67. The van der Waals surface area contributed by atoms with E-state index in [1.807, 2.05) is 0 Å². The van der Waals surface area contributed by atoms with Crippen molar-refractivity contribution in [1.82, 2.24) is 4.57 Å². The monoisotopic (exact) mass is 727 g/mol. The summed E-state index contributed by atoms with van der Waals surface area (Å²) in [5.74, 6) is -3.48. The Morgan fingerprint density at radius 2 is 1.64 bits per heavy atom. The van der Waals surface area contributed by atoms with Gasteiger partial charge in [-0.3, -0.25) is 23.7 Å². The molecule has 0 bridgehead atoms. The molecule has 3 aromatic carbocycles.